The summed E-state index contributed by atoms with van der Waals surface area (Å²) in [5.41, 5.74) is 0.980. The lowest BCUT2D eigenvalue weighted by Crippen LogP contribution is -2.29. The minimum absolute atomic E-state index is 0.00712. The van der Waals surface area contributed by atoms with Crippen molar-refractivity contribution in [2.24, 2.45) is 0 Å². The largest absolute Gasteiger partial charge is 0.508 e. The molecule has 1 amide bonds. The molecule has 0 unspecified atom stereocenters. The topological polar surface area (TPSA) is 70.8 Å². The van der Waals surface area contributed by atoms with Crippen LogP contribution in [0.3, 0.4) is 0 Å². The maximum atomic E-state index is 13.8. The van der Waals surface area contributed by atoms with Gasteiger partial charge in [0.05, 0.1) is 17.0 Å². The second kappa shape index (κ2) is 7.25. The van der Waals surface area contributed by atoms with Crippen LogP contribution in [-0.2, 0) is 6.54 Å². The zero-order valence-electron chi connectivity index (χ0n) is 16.0. The van der Waals surface area contributed by atoms with Crippen molar-refractivity contribution >= 4 is 28.5 Å². The summed E-state index contributed by atoms with van der Waals surface area (Å²) in [5, 5.41) is 10.5. The highest BCUT2D eigenvalue weighted by molar-refractivity contribution is 6.31. The molecule has 0 radical (unpaired) electrons. The molecule has 0 fully saturated rings. The third kappa shape index (κ3) is 3.16. The van der Waals surface area contributed by atoms with Crippen LogP contribution in [0.4, 0.5) is 4.39 Å². The second-order valence-electron chi connectivity index (χ2n) is 7.34. The van der Waals surface area contributed by atoms with Gasteiger partial charge in [0.1, 0.15) is 17.1 Å². The summed E-state index contributed by atoms with van der Waals surface area (Å²) < 4.78 is 19.6. The molecule has 1 aromatic heterocycles. The van der Waals surface area contributed by atoms with Crippen molar-refractivity contribution < 1.29 is 18.7 Å². The Labute approximate surface area is 180 Å². The maximum Gasteiger partial charge on any atom is 0.291 e. The van der Waals surface area contributed by atoms with E-state index < -0.39 is 23.2 Å². The molecule has 0 bridgehead atoms. The molecule has 3 aromatic carbocycles. The number of phenols is 1. The Bertz CT molecular complexity index is 1410. The minimum Gasteiger partial charge on any atom is -0.508 e. The molecule has 31 heavy (non-hydrogen) atoms. The van der Waals surface area contributed by atoms with Crippen LogP contribution in [0, 0.1) is 5.82 Å². The fourth-order valence-corrected chi connectivity index (χ4v) is 4.20. The van der Waals surface area contributed by atoms with Gasteiger partial charge in [-0.25, -0.2) is 4.39 Å². The molecule has 5 nitrogen and oxygen atoms in total. The molecule has 7 heteroatoms. The standard InChI is InChI=1S/C24H15ClFNO4/c25-18-7-2-1-4-14(18)12-27-21(13-5-3-6-16(28)10-13)20-22(29)17-11-15(26)8-9-19(17)31-23(20)24(27)30/h1-11,21,28H,12H2/t21-/m0/s1. The lowest BCUT2D eigenvalue weighted by atomic mass is 9.98. The number of fused-ring (bicyclic) bond motifs is 2. The molecule has 0 aliphatic carbocycles. The molecule has 1 aliphatic rings. The molecule has 0 spiro atoms. The molecule has 154 valence electrons. The minimum atomic E-state index is -0.824. The van der Waals surface area contributed by atoms with Gasteiger partial charge >= 0.3 is 0 Å². The van der Waals surface area contributed by atoms with E-state index in [1.54, 1.807) is 36.4 Å². The van der Waals surface area contributed by atoms with E-state index in [1.807, 2.05) is 0 Å². The number of aromatic hydroxyl groups is 1. The Morgan fingerprint density at radius 3 is 2.61 bits per heavy atom. The Hall–Kier alpha value is -3.64. The zero-order chi connectivity index (χ0) is 21.7. The summed E-state index contributed by atoms with van der Waals surface area (Å²) in [6, 6.07) is 16.2. The van der Waals surface area contributed by atoms with Crippen LogP contribution in [0.5, 0.6) is 5.75 Å². The predicted octanol–water partition coefficient (Wildman–Crippen LogP) is 5.04. The van der Waals surface area contributed by atoms with Crippen LogP contribution in [0.25, 0.3) is 11.0 Å². The molecule has 0 saturated heterocycles. The van der Waals surface area contributed by atoms with E-state index in [2.05, 4.69) is 0 Å². The molecule has 5 rings (SSSR count). The number of phenolic OH excluding ortho intramolecular Hbond substituents is 1. The van der Waals surface area contributed by atoms with E-state index in [0.717, 1.165) is 6.07 Å². The van der Waals surface area contributed by atoms with Gasteiger partial charge in [-0.1, -0.05) is 41.9 Å². The van der Waals surface area contributed by atoms with Crippen LogP contribution in [0.15, 0.2) is 75.9 Å². The van der Waals surface area contributed by atoms with E-state index in [9.17, 15) is 19.1 Å². The first-order valence-corrected chi connectivity index (χ1v) is 9.91. The normalized spacial score (nSPS) is 15.5. The van der Waals surface area contributed by atoms with Crippen molar-refractivity contribution in [3.05, 3.63) is 110 Å². The summed E-state index contributed by atoms with van der Waals surface area (Å²) in [6.45, 7) is 0.118. The van der Waals surface area contributed by atoms with Crippen molar-refractivity contribution in [2.45, 2.75) is 12.6 Å². The number of carbonyl (C=O) groups excluding carboxylic acids is 1. The van der Waals surface area contributed by atoms with Crippen molar-refractivity contribution in [1.29, 1.82) is 0 Å². The number of carbonyl (C=O) groups is 1. The number of hydrogen-bond acceptors (Lipinski definition) is 4. The molecule has 0 saturated carbocycles. The van der Waals surface area contributed by atoms with Crippen LogP contribution in [0.1, 0.15) is 33.3 Å². The Morgan fingerprint density at radius 2 is 1.84 bits per heavy atom. The highest BCUT2D eigenvalue weighted by Crippen LogP contribution is 2.40. The van der Waals surface area contributed by atoms with Gasteiger partial charge in [-0.2, -0.15) is 0 Å². The van der Waals surface area contributed by atoms with Crippen LogP contribution in [-0.4, -0.2) is 15.9 Å². The van der Waals surface area contributed by atoms with Gasteiger partial charge in [0.25, 0.3) is 5.91 Å². The molecular weight excluding hydrogens is 421 g/mol. The van der Waals surface area contributed by atoms with E-state index >= 15 is 0 Å². The Morgan fingerprint density at radius 1 is 1.03 bits per heavy atom. The summed E-state index contributed by atoms with van der Waals surface area (Å²) in [5.74, 6) is -1.16. The van der Waals surface area contributed by atoms with Gasteiger partial charge in [0.2, 0.25) is 5.76 Å². The fourth-order valence-electron chi connectivity index (χ4n) is 4.01. The maximum absolute atomic E-state index is 13.8. The number of hydrogen-bond donors (Lipinski definition) is 1. The average molecular weight is 436 g/mol. The van der Waals surface area contributed by atoms with E-state index in [0.29, 0.717) is 16.1 Å². The van der Waals surface area contributed by atoms with Gasteiger partial charge in [0, 0.05) is 11.6 Å². The third-order valence-corrected chi connectivity index (χ3v) is 5.78. The first kappa shape index (κ1) is 19.3. The van der Waals surface area contributed by atoms with Crippen molar-refractivity contribution in [2.75, 3.05) is 0 Å². The third-order valence-electron chi connectivity index (χ3n) is 5.41. The molecule has 1 aliphatic heterocycles. The molecule has 2 heterocycles. The molecular formula is C24H15ClFNO4. The first-order chi connectivity index (χ1) is 14.9. The quantitative estimate of drug-likeness (QED) is 0.489. The van der Waals surface area contributed by atoms with Gasteiger partial charge in [0.15, 0.2) is 5.43 Å². The van der Waals surface area contributed by atoms with Gasteiger partial charge in [-0.15, -0.1) is 0 Å². The highest BCUT2D eigenvalue weighted by atomic mass is 35.5. The number of rotatable bonds is 3. The summed E-state index contributed by atoms with van der Waals surface area (Å²) in [7, 11) is 0. The van der Waals surface area contributed by atoms with Gasteiger partial charge < -0.3 is 14.4 Å². The first-order valence-electron chi connectivity index (χ1n) is 9.53. The van der Waals surface area contributed by atoms with Crippen molar-refractivity contribution in [1.82, 2.24) is 4.90 Å². The number of amides is 1. The monoisotopic (exact) mass is 435 g/mol. The van der Waals surface area contributed by atoms with Crippen LogP contribution >= 0.6 is 11.6 Å². The van der Waals surface area contributed by atoms with E-state index in [-0.39, 0.29) is 34.6 Å². The summed E-state index contributed by atoms with van der Waals surface area (Å²) >= 11 is 6.31. The SMILES string of the molecule is O=C1c2oc3ccc(F)cc3c(=O)c2[C@H](c2cccc(O)c2)N1Cc1ccccc1Cl. The van der Waals surface area contributed by atoms with Crippen LogP contribution in [0.2, 0.25) is 5.02 Å². The lowest BCUT2D eigenvalue weighted by molar-refractivity contribution is 0.0714. The smallest absolute Gasteiger partial charge is 0.291 e. The second-order valence-corrected chi connectivity index (χ2v) is 7.74. The van der Waals surface area contributed by atoms with Crippen molar-refractivity contribution in [3.63, 3.8) is 0 Å². The summed E-state index contributed by atoms with van der Waals surface area (Å²) in [6.07, 6.45) is 0. The zero-order valence-corrected chi connectivity index (χ0v) is 16.8. The highest BCUT2D eigenvalue weighted by Gasteiger charge is 2.43. The predicted molar refractivity (Wildman–Crippen MR) is 114 cm³/mol. The van der Waals surface area contributed by atoms with E-state index in [4.69, 9.17) is 16.0 Å². The Kier molecular flexibility index (Phi) is 4.52. The fraction of sp³-hybridized carbons (Fsp3) is 0.0833. The van der Waals surface area contributed by atoms with Crippen LogP contribution < -0.4 is 5.43 Å². The van der Waals surface area contributed by atoms with Gasteiger partial charge in [-0.3, -0.25) is 9.59 Å². The number of halogens is 2. The summed E-state index contributed by atoms with van der Waals surface area (Å²) in [4.78, 5) is 28.2. The lowest BCUT2D eigenvalue weighted by Gasteiger charge is -2.25. The molecule has 1 atom stereocenters. The number of benzene rings is 3. The average Bonchev–Trinajstić information content (AvgIpc) is 3.02. The van der Waals surface area contributed by atoms with Crippen molar-refractivity contribution in [3.8, 4) is 5.75 Å². The molecule has 1 N–H and O–H groups in total. The van der Waals surface area contributed by atoms with E-state index in [1.165, 1.54) is 29.2 Å². The van der Waals surface area contributed by atoms with Gasteiger partial charge in [-0.05, 0) is 47.5 Å². The molecule has 4 aromatic rings. The Balaban J connectivity index is 1.75. The number of nitrogens with zero attached hydrogens (tertiary/aromatic N) is 1.